The molecule has 5 nitrogen and oxygen atoms in total. The van der Waals surface area contributed by atoms with Crippen LogP contribution in [-0.4, -0.2) is 49.1 Å². The molecule has 0 spiro atoms. The minimum atomic E-state index is -0.468. The first-order valence-corrected chi connectivity index (χ1v) is 9.27. The second kappa shape index (κ2) is 7.42. The monoisotopic (exact) mass is 352 g/mol. The number of nitrogens with zero attached hydrogens (tertiary/aromatic N) is 1. The smallest absolute Gasteiger partial charge is 0.313 e. The molecule has 2 aliphatic heterocycles. The molecule has 2 heterocycles. The highest BCUT2D eigenvalue weighted by Crippen LogP contribution is 2.33. The number of anilines is 1. The van der Waals surface area contributed by atoms with Gasteiger partial charge in [0.25, 0.3) is 0 Å². The van der Waals surface area contributed by atoms with Crippen LogP contribution in [-0.2, 0) is 14.3 Å². The molecule has 2 fully saturated rings. The Morgan fingerprint density at radius 1 is 1.42 bits per heavy atom. The highest BCUT2D eigenvalue weighted by atomic mass is 32.2. The van der Waals surface area contributed by atoms with Gasteiger partial charge in [-0.15, -0.1) is 0 Å². The Kier molecular flexibility index (Phi) is 5.28. The highest BCUT2D eigenvalue weighted by molar-refractivity contribution is 7.99. The summed E-state index contributed by atoms with van der Waals surface area (Å²) in [4.78, 5) is 25.1. The Balaban J connectivity index is 1.69. The predicted molar refractivity (Wildman–Crippen MR) is 91.9 cm³/mol. The Morgan fingerprint density at radius 2 is 2.17 bits per heavy atom. The zero-order valence-electron chi connectivity index (χ0n) is 13.6. The highest BCUT2D eigenvalue weighted by Gasteiger charge is 2.36. The summed E-state index contributed by atoms with van der Waals surface area (Å²) in [6.07, 6.45) is 0.103. The number of halogens is 1. The Bertz CT molecular complexity index is 634. The average molecular weight is 352 g/mol. The Morgan fingerprint density at radius 3 is 2.83 bits per heavy atom. The quantitative estimate of drug-likeness (QED) is 0.839. The fraction of sp³-hybridized carbons (Fsp3) is 0.529. The Labute approximate surface area is 144 Å². The molecule has 0 aromatic heterocycles. The maximum atomic E-state index is 14.5. The third-order valence-corrected chi connectivity index (χ3v) is 5.31. The number of hydrogen-bond donors (Lipinski definition) is 1. The van der Waals surface area contributed by atoms with Crippen LogP contribution in [0.1, 0.15) is 24.8 Å². The number of carbonyl (C=O) groups is 2. The zero-order valence-corrected chi connectivity index (χ0v) is 14.4. The largest absolute Gasteiger partial charge is 0.460 e. The molecular weight excluding hydrogens is 331 g/mol. The molecule has 130 valence electrons. The number of thioether (sulfide) groups is 1. The number of cyclic esters (lactones) is 1. The summed E-state index contributed by atoms with van der Waals surface area (Å²) in [5.41, 5.74) is 1.23. The molecule has 24 heavy (non-hydrogen) atoms. The van der Waals surface area contributed by atoms with Gasteiger partial charge in [0, 0.05) is 37.9 Å². The van der Waals surface area contributed by atoms with E-state index in [0.29, 0.717) is 24.2 Å². The van der Waals surface area contributed by atoms with Gasteiger partial charge in [0.2, 0.25) is 5.91 Å². The number of rotatable bonds is 4. The van der Waals surface area contributed by atoms with Crippen molar-refractivity contribution in [2.24, 2.45) is 0 Å². The molecular formula is C17H21FN2O3S. The van der Waals surface area contributed by atoms with E-state index in [2.05, 4.69) is 5.32 Å². The average Bonchev–Trinajstić information content (AvgIpc) is 2.94. The molecule has 2 saturated heterocycles. The minimum absolute atomic E-state index is 0.162. The maximum absolute atomic E-state index is 14.5. The number of benzene rings is 1. The van der Waals surface area contributed by atoms with Gasteiger partial charge >= 0.3 is 5.97 Å². The molecule has 0 aliphatic carbocycles. The van der Waals surface area contributed by atoms with E-state index < -0.39 is 5.92 Å². The van der Waals surface area contributed by atoms with E-state index in [1.807, 2.05) is 22.7 Å². The number of ether oxygens (including phenoxy) is 1. The molecule has 3 rings (SSSR count). The molecule has 1 aromatic carbocycles. The minimum Gasteiger partial charge on any atom is -0.460 e. The van der Waals surface area contributed by atoms with Crippen molar-refractivity contribution in [3.8, 4) is 0 Å². The van der Waals surface area contributed by atoms with Gasteiger partial charge in [-0.2, -0.15) is 11.8 Å². The summed E-state index contributed by atoms with van der Waals surface area (Å²) < 4.78 is 19.8. The van der Waals surface area contributed by atoms with Crippen molar-refractivity contribution in [3.63, 3.8) is 0 Å². The SMILES string of the molecule is CC(=O)NC[C@H]1C[C@@H](c2ccc(N3CCSCC3)c(F)c2)C(=O)O1. The van der Waals surface area contributed by atoms with Crippen LogP contribution in [0.4, 0.5) is 10.1 Å². The lowest BCUT2D eigenvalue weighted by Gasteiger charge is -2.29. The van der Waals surface area contributed by atoms with E-state index in [-0.39, 0.29) is 23.8 Å². The topological polar surface area (TPSA) is 58.6 Å². The first-order chi connectivity index (χ1) is 11.5. The van der Waals surface area contributed by atoms with Crippen LogP contribution in [0, 0.1) is 5.82 Å². The van der Waals surface area contributed by atoms with Crippen LogP contribution in [0.15, 0.2) is 18.2 Å². The molecule has 2 atom stereocenters. The molecule has 2 aliphatic rings. The van der Waals surface area contributed by atoms with E-state index in [0.717, 1.165) is 24.6 Å². The second-order valence-electron chi connectivity index (χ2n) is 6.09. The van der Waals surface area contributed by atoms with Crippen molar-refractivity contribution in [1.29, 1.82) is 0 Å². The van der Waals surface area contributed by atoms with Gasteiger partial charge in [-0.05, 0) is 17.7 Å². The number of hydrogen-bond acceptors (Lipinski definition) is 5. The summed E-state index contributed by atoms with van der Waals surface area (Å²) >= 11 is 1.87. The molecule has 1 amide bonds. The van der Waals surface area contributed by atoms with Crippen molar-refractivity contribution in [2.75, 3.05) is 36.0 Å². The van der Waals surface area contributed by atoms with Crippen LogP contribution in [0.5, 0.6) is 0 Å². The number of amides is 1. The van der Waals surface area contributed by atoms with Crippen molar-refractivity contribution in [3.05, 3.63) is 29.6 Å². The third kappa shape index (κ3) is 3.83. The summed E-state index contributed by atoms with van der Waals surface area (Å²) in [7, 11) is 0. The van der Waals surface area contributed by atoms with Crippen LogP contribution in [0.2, 0.25) is 0 Å². The lowest BCUT2D eigenvalue weighted by Crippen LogP contribution is -2.33. The summed E-state index contributed by atoms with van der Waals surface area (Å²) in [5, 5.41) is 2.64. The lowest BCUT2D eigenvalue weighted by molar-refractivity contribution is -0.142. The van der Waals surface area contributed by atoms with E-state index >= 15 is 0 Å². The summed E-state index contributed by atoms with van der Waals surface area (Å²) in [5.74, 6) is 0.722. The molecule has 0 bridgehead atoms. The van der Waals surface area contributed by atoms with Gasteiger partial charge in [-0.1, -0.05) is 6.07 Å². The maximum Gasteiger partial charge on any atom is 0.313 e. The van der Waals surface area contributed by atoms with Gasteiger partial charge < -0.3 is 15.0 Å². The fourth-order valence-corrected chi connectivity index (χ4v) is 4.01. The standard InChI is InChI=1S/C17H21FN2O3S/c1-11(21)19-10-13-9-14(17(22)23-13)12-2-3-16(15(18)8-12)20-4-6-24-7-5-20/h2-3,8,13-14H,4-7,9-10H2,1H3,(H,19,21)/t13-,14+/m1/s1. The first-order valence-electron chi connectivity index (χ1n) is 8.11. The van der Waals surface area contributed by atoms with Crippen molar-refractivity contribution < 1.29 is 18.7 Å². The van der Waals surface area contributed by atoms with Gasteiger partial charge in [0.15, 0.2) is 0 Å². The van der Waals surface area contributed by atoms with Crippen molar-refractivity contribution in [1.82, 2.24) is 5.32 Å². The molecule has 0 radical (unpaired) electrons. The second-order valence-corrected chi connectivity index (χ2v) is 7.32. The predicted octanol–water partition coefficient (Wildman–Crippen LogP) is 1.91. The van der Waals surface area contributed by atoms with Crippen molar-refractivity contribution >= 4 is 29.3 Å². The number of nitrogens with one attached hydrogen (secondary N) is 1. The molecule has 0 saturated carbocycles. The van der Waals surface area contributed by atoms with E-state index in [1.54, 1.807) is 6.07 Å². The Hall–Kier alpha value is -1.76. The van der Waals surface area contributed by atoms with Crippen LogP contribution >= 0.6 is 11.8 Å². The zero-order chi connectivity index (χ0) is 17.1. The van der Waals surface area contributed by atoms with E-state index in [1.165, 1.54) is 13.0 Å². The van der Waals surface area contributed by atoms with Crippen LogP contribution < -0.4 is 10.2 Å². The molecule has 7 heteroatoms. The van der Waals surface area contributed by atoms with Crippen molar-refractivity contribution in [2.45, 2.75) is 25.4 Å². The lowest BCUT2D eigenvalue weighted by atomic mass is 9.95. The summed E-state index contributed by atoms with van der Waals surface area (Å²) in [6, 6.07) is 5.02. The van der Waals surface area contributed by atoms with Crippen LogP contribution in [0.3, 0.4) is 0 Å². The van der Waals surface area contributed by atoms with E-state index in [9.17, 15) is 14.0 Å². The third-order valence-electron chi connectivity index (χ3n) is 4.37. The van der Waals surface area contributed by atoms with E-state index in [4.69, 9.17) is 4.74 Å². The normalized spacial score (nSPS) is 23.9. The molecule has 0 unspecified atom stereocenters. The van der Waals surface area contributed by atoms with Gasteiger partial charge in [-0.3, -0.25) is 9.59 Å². The van der Waals surface area contributed by atoms with Gasteiger partial charge in [0.05, 0.1) is 18.2 Å². The van der Waals surface area contributed by atoms with Crippen LogP contribution in [0.25, 0.3) is 0 Å². The number of carbonyl (C=O) groups excluding carboxylic acids is 2. The molecule has 1 N–H and O–H groups in total. The van der Waals surface area contributed by atoms with Gasteiger partial charge in [-0.25, -0.2) is 4.39 Å². The first kappa shape index (κ1) is 17.1. The number of esters is 1. The molecule has 1 aromatic rings. The van der Waals surface area contributed by atoms with Gasteiger partial charge in [0.1, 0.15) is 11.9 Å². The fourth-order valence-electron chi connectivity index (χ4n) is 3.11. The summed E-state index contributed by atoms with van der Waals surface area (Å²) in [6.45, 7) is 3.39.